The van der Waals surface area contributed by atoms with E-state index in [0.29, 0.717) is 18.6 Å². The molecule has 0 aromatic heterocycles. The summed E-state index contributed by atoms with van der Waals surface area (Å²) in [5, 5.41) is 0. The standard InChI is InChI=1S/C16H15BrO3/c1-19-14-7-2-12(3-8-14)4-11-16(18)20-15-9-5-13(17)6-10-15/h2-3,5-10H,4,11H2,1H3. The van der Waals surface area contributed by atoms with Crippen LogP contribution in [0.15, 0.2) is 53.0 Å². The van der Waals surface area contributed by atoms with Gasteiger partial charge < -0.3 is 9.47 Å². The summed E-state index contributed by atoms with van der Waals surface area (Å²) in [5.74, 6) is 1.14. The Hall–Kier alpha value is -1.81. The monoisotopic (exact) mass is 334 g/mol. The molecule has 0 bridgehead atoms. The average molecular weight is 335 g/mol. The number of methoxy groups -OCH3 is 1. The molecular weight excluding hydrogens is 320 g/mol. The Balaban J connectivity index is 1.83. The second-order valence-corrected chi connectivity index (χ2v) is 5.19. The predicted octanol–water partition coefficient (Wildman–Crippen LogP) is 4.00. The summed E-state index contributed by atoms with van der Waals surface area (Å²) in [4.78, 5) is 11.7. The Kier molecular flexibility index (Phi) is 5.18. The summed E-state index contributed by atoms with van der Waals surface area (Å²) in [6.07, 6.45) is 1.00. The first-order chi connectivity index (χ1) is 9.67. The molecule has 0 aliphatic carbocycles. The maximum absolute atomic E-state index is 11.7. The lowest BCUT2D eigenvalue weighted by molar-refractivity contribution is -0.134. The van der Waals surface area contributed by atoms with Gasteiger partial charge in [-0.2, -0.15) is 0 Å². The van der Waals surface area contributed by atoms with E-state index in [-0.39, 0.29) is 5.97 Å². The third kappa shape index (κ3) is 4.38. The highest BCUT2D eigenvalue weighted by molar-refractivity contribution is 9.10. The second-order valence-electron chi connectivity index (χ2n) is 4.28. The van der Waals surface area contributed by atoms with Gasteiger partial charge >= 0.3 is 5.97 Å². The van der Waals surface area contributed by atoms with Crippen LogP contribution in [0.4, 0.5) is 0 Å². The summed E-state index contributed by atoms with van der Waals surface area (Å²) in [6.45, 7) is 0. The quantitative estimate of drug-likeness (QED) is 0.612. The van der Waals surface area contributed by atoms with Gasteiger partial charge in [0.05, 0.1) is 7.11 Å². The van der Waals surface area contributed by atoms with Crippen LogP contribution in [0.2, 0.25) is 0 Å². The van der Waals surface area contributed by atoms with Gasteiger partial charge in [0.25, 0.3) is 0 Å². The maximum Gasteiger partial charge on any atom is 0.311 e. The molecule has 0 aliphatic rings. The van der Waals surface area contributed by atoms with E-state index in [1.54, 1.807) is 19.2 Å². The first kappa shape index (κ1) is 14.6. The molecule has 0 saturated heterocycles. The van der Waals surface area contributed by atoms with Crippen molar-refractivity contribution < 1.29 is 14.3 Å². The highest BCUT2D eigenvalue weighted by Crippen LogP contribution is 2.17. The van der Waals surface area contributed by atoms with Crippen LogP contribution in [-0.4, -0.2) is 13.1 Å². The van der Waals surface area contributed by atoms with E-state index in [1.165, 1.54) is 0 Å². The second kappa shape index (κ2) is 7.10. The zero-order chi connectivity index (χ0) is 14.4. The van der Waals surface area contributed by atoms with Crippen molar-refractivity contribution in [2.75, 3.05) is 7.11 Å². The zero-order valence-corrected chi connectivity index (χ0v) is 12.7. The molecule has 2 aromatic rings. The number of rotatable bonds is 5. The molecular formula is C16H15BrO3. The Morgan fingerprint density at radius 1 is 1.00 bits per heavy atom. The molecule has 4 heteroatoms. The summed E-state index contributed by atoms with van der Waals surface area (Å²) in [6, 6.07) is 14.9. The zero-order valence-electron chi connectivity index (χ0n) is 11.1. The van der Waals surface area contributed by atoms with Crippen LogP contribution >= 0.6 is 15.9 Å². The number of aryl methyl sites for hydroxylation is 1. The lowest BCUT2D eigenvalue weighted by Gasteiger charge is -2.05. The Bertz CT molecular complexity index is 561. The van der Waals surface area contributed by atoms with Crippen LogP contribution in [0.1, 0.15) is 12.0 Å². The summed E-state index contributed by atoms with van der Waals surface area (Å²) in [7, 11) is 1.63. The molecule has 0 fully saturated rings. The van der Waals surface area contributed by atoms with Gasteiger partial charge in [-0.15, -0.1) is 0 Å². The fourth-order valence-electron chi connectivity index (χ4n) is 1.72. The molecule has 0 N–H and O–H groups in total. The van der Waals surface area contributed by atoms with E-state index in [9.17, 15) is 4.79 Å². The molecule has 0 radical (unpaired) electrons. The molecule has 104 valence electrons. The molecule has 0 unspecified atom stereocenters. The van der Waals surface area contributed by atoms with E-state index in [0.717, 1.165) is 15.8 Å². The van der Waals surface area contributed by atoms with Gasteiger partial charge in [-0.1, -0.05) is 28.1 Å². The van der Waals surface area contributed by atoms with Crippen molar-refractivity contribution in [2.24, 2.45) is 0 Å². The first-order valence-corrected chi connectivity index (χ1v) is 7.06. The highest BCUT2D eigenvalue weighted by atomic mass is 79.9. The molecule has 0 saturated carbocycles. The van der Waals surface area contributed by atoms with Crippen molar-refractivity contribution in [2.45, 2.75) is 12.8 Å². The number of ether oxygens (including phenoxy) is 2. The molecule has 0 atom stereocenters. The lowest BCUT2D eigenvalue weighted by atomic mass is 10.1. The topological polar surface area (TPSA) is 35.5 Å². The Morgan fingerprint density at radius 3 is 2.20 bits per heavy atom. The van der Waals surface area contributed by atoms with Gasteiger partial charge in [0.15, 0.2) is 0 Å². The molecule has 0 amide bonds. The molecule has 2 rings (SSSR count). The lowest BCUT2D eigenvalue weighted by Crippen LogP contribution is -2.08. The van der Waals surface area contributed by atoms with Crippen molar-refractivity contribution in [3.05, 3.63) is 58.6 Å². The minimum absolute atomic E-state index is 0.233. The van der Waals surface area contributed by atoms with Crippen LogP contribution in [-0.2, 0) is 11.2 Å². The molecule has 0 aliphatic heterocycles. The van der Waals surface area contributed by atoms with E-state index >= 15 is 0 Å². The van der Waals surface area contributed by atoms with E-state index in [2.05, 4.69) is 15.9 Å². The van der Waals surface area contributed by atoms with Gasteiger partial charge in [-0.25, -0.2) is 0 Å². The van der Waals surface area contributed by atoms with Crippen LogP contribution < -0.4 is 9.47 Å². The van der Waals surface area contributed by atoms with E-state index in [4.69, 9.17) is 9.47 Å². The maximum atomic E-state index is 11.7. The largest absolute Gasteiger partial charge is 0.497 e. The van der Waals surface area contributed by atoms with Gasteiger partial charge in [-0.05, 0) is 48.4 Å². The summed E-state index contributed by atoms with van der Waals surface area (Å²) < 4.78 is 11.3. The van der Waals surface area contributed by atoms with Crippen molar-refractivity contribution in [3.63, 3.8) is 0 Å². The van der Waals surface area contributed by atoms with Crippen LogP contribution in [0, 0.1) is 0 Å². The SMILES string of the molecule is COc1ccc(CCC(=O)Oc2ccc(Br)cc2)cc1. The fourth-order valence-corrected chi connectivity index (χ4v) is 1.99. The normalized spacial score (nSPS) is 10.1. The van der Waals surface area contributed by atoms with E-state index < -0.39 is 0 Å². The first-order valence-electron chi connectivity index (χ1n) is 6.26. The minimum Gasteiger partial charge on any atom is -0.497 e. The van der Waals surface area contributed by atoms with Crippen LogP contribution in [0.25, 0.3) is 0 Å². The Labute approximate surface area is 126 Å². The van der Waals surface area contributed by atoms with E-state index in [1.807, 2.05) is 36.4 Å². The predicted molar refractivity (Wildman–Crippen MR) is 81.1 cm³/mol. The third-order valence-electron chi connectivity index (χ3n) is 2.82. The average Bonchev–Trinajstić information content (AvgIpc) is 2.48. The number of esters is 1. The van der Waals surface area contributed by atoms with Gasteiger partial charge in [-0.3, -0.25) is 4.79 Å². The minimum atomic E-state index is -0.233. The summed E-state index contributed by atoms with van der Waals surface area (Å²) in [5.41, 5.74) is 1.08. The molecule has 0 heterocycles. The van der Waals surface area contributed by atoms with Crippen molar-refractivity contribution in [3.8, 4) is 11.5 Å². The van der Waals surface area contributed by atoms with Gasteiger partial charge in [0.1, 0.15) is 11.5 Å². The number of hydrogen-bond donors (Lipinski definition) is 0. The molecule has 3 nitrogen and oxygen atoms in total. The van der Waals surface area contributed by atoms with Crippen molar-refractivity contribution >= 4 is 21.9 Å². The number of carbonyl (C=O) groups is 1. The van der Waals surface area contributed by atoms with Crippen molar-refractivity contribution in [1.29, 1.82) is 0 Å². The number of halogens is 1. The fraction of sp³-hybridized carbons (Fsp3) is 0.188. The summed E-state index contributed by atoms with van der Waals surface area (Å²) >= 11 is 3.33. The smallest absolute Gasteiger partial charge is 0.311 e. The highest BCUT2D eigenvalue weighted by Gasteiger charge is 2.05. The number of hydrogen-bond acceptors (Lipinski definition) is 3. The molecule has 2 aromatic carbocycles. The van der Waals surface area contributed by atoms with Crippen molar-refractivity contribution in [1.82, 2.24) is 0 Å². The Morgan fingerprint density at radius 2 is 1.60 bits per heavy atom. The number of benzene rings is 2. The van der Waals surface area contributed by atoms with Crippen LogP contribution in [0.3, 0.4) is 0 Å². The molecule has 0 spiro atoms. The molecule has 20 heavy (non-hydrogen) atoms. The van der Waals surface area contributed by atoms with Crippen LogP contribution in [0.5, 0.6) is 11.5 Å². The number of carbonyl (C=O) groups excluding carboxylic acids is 1. The third-order valence-corrected chi connectivity index (χ3v) is 3.35. The van der Waals surface area contributed by atoms with Gasteiger partial charge in [0, 0.05) is 10.9 Å². The van der Waals surface area contributed by atoms with Gasteiger partial charge in [0.2, 0.25) is 0 Å².